The summed E-state index contributed by atoms with van der Waals surface area (Å²) in [7, 11) is 3.44. The van der Waals surface area contributed by atoms with Gasteiger partial charge in [-0.1, -0.05) is 31.1 Å². The number of aliphatic imine (C=N–C) groups is 1. The van der Waals surface area contributed by atoms with Crippen LogP contribution in [-0.2, 0) is 13.0 Å². The van der Waals surface area contributed by atoms with Crippen LogP contribution >= 0.6 is 0 Å². The van der Waals surface area contributed by atoms with Crippen LogP contribution in [-0.4, -0.2) is 31.8 Å². The maximum Gasteiger partial charge on any atom is 0.191 e. The van der Waals surface area contributed by atoms with Crippen LogP contribution in [0.15, 0.2) is 39.8 Å². The Bertz CT molecular complexity index is 662. The first-order valence-electron chi connectivity index (χ1n) is 8.65. The molecule has 0 spiro atoms. The van der Waals surface area contributed by atoms with Crippen molar-refractivity contribution in [2.45, 2.75) is 39.2 Å². The predicted octanol–water partition coefficient (Wildman–Crippen LogP) is 3.10. The van der Waals surface area contributed by atoms with E-state index in [9.17, 15) is 0 Å². The monoisotopic (exact) mass is 344 g/mol. The van der Waals surface area contributed by atoms with E-state index in [-0.39, 0.29) is 0 Å². The third-order valence-corrected chi connectivity index (χ3v) is 3.92. The van der Waals surface area contributed by atoms with Crippen molar-refractivity contribution >= 4 is 5.96 Å². The van der Waals surface area contributed by atoms with Crippen molar-refractivity contribution < 1.29 is 9.26 Å². The molecule has 2 rings (SSSR count). The van der Waals surface area contributed by atoms with Gasteiger partial charge in [0.15, 0.2) is 11.7 Å². The van der Waals surface area contributed by atoms with Gasteiger partial charge in [-0.05, 0) is 36.5 Å². The van der Waals surface area contributed by atoms with Gasteiger partial charge in [0.1, 0.15) is 5.75 Å². The number of aromatic nitrogens is 1. The molecule has 0 aliphatic rings. The summed E-state index contributed by atoms with van der Waals surface area (Å²) in [6.45, 7) is 5.61. The average Bonchev–Trinajstić information content (AvgIpc) is 3.11. The van der Waals surface area contributed by atoms with Crippen molar-refractivity contribution in [1.82, 2.24) is 15.8 Å². The van der Waals surface area contributed by atoms with E-state index in [1.54, 1.807) is 14.2 Å². The number of rotatable bonds is 8. The molecule has 0 saturated carbocycles. The zero-order valence-electron chi connectivity index (χ0n) is 15.5. The summed E-state index contributed by atoms with van der Waals surface area (Å²) in [5, 5.41) is 10.6. The molecular weight excluding hydrogens is 316 g/mol. The van der Waals surface area contributed by atoms with Crippen LogP contribution in [0.1, 0.15) is 43.2 Å². The molecule has 0 aliphatic heterocycles. The molecule has 2 N–H and O–H groups in total. The number of ether oxygens (including phenoxy) is 1. The molecule has 0 fully saturated rings. The van der Waals surface area contributed by atoms with Crippen LogP contribution in [0.3, 0.4) is 0 Å². The molecule has 136 valence electrons. The summed E-state index contributed by atoms with van der Waals surface area (Å²) in [4.78, 5) is 4.23. The number of hydrogen-bond acceptors (Lipinski definition) is 4. The standard InChI is InChI=1S/C19H28N4O2/c1-14(2)18-12-17(25-23-18)13-22-19(20-3)21-11-5-6-15-7-9-16(24-4)10-8-15/h7-10,12,14H,5-6,11,13H2,1-4H3,(H2,20,21,22). The lowest BCUT2D eigenvalue weighted by Gasteiger charge is -2.10. The molecule has 1 heterocycles. The molecule has 1 aromatic heterocycles. The second-order valence-electron chi connectivity index (χ2n) is 6.18. The van der Waals surface area contributed by atoms with Gasteiger partial charge in [0.05, 0.1) is 19.3 Å². The molecule has 6 heteroatoms. The van der Waals surface area contributed by atoms with Gasteiger partial charge in [-0.25, -0.2) is 0 Å². The minimum absolute atomic E-state index is 0.368. The summed E-state index contributed by atoms with van der Waals surface area (Å²) in [5.41, 5.74) is 2.27. The van der Waals surface area contributed by atoms with E-state index in [1.165, 1.54) is 5.56 Å². The van der Waals surface area contributed by atoms with Gasteiger partial charge in [-0.3, -0.25) is 4.99 Å². The molecule has 2 aromatic rings. The number of aryl methyl sites for hydroxylation is 1. The number of methoxy groups -OCH3 is 1. The molecule has 6 nitrogen and oxygen atoms in total. The SMILES string of the molecule is CN=C(NCCCc1ccc(OC)cc1)NCc1cc(C(C)C)no1. The Morgan fingerprint density at radius 3 is 2.60 bits per heavy atom. The number of benzene rings is 1. The largest absolute Gasteiger partial charge is 0.497 e. The Hall–Kier alpha value is -2.50. The molecule has 0 radical (unpaired) electrons. The van der Waals surface area contributed by atoms with Crippen LogP contribution in [0.2, 0.25) is 0 Å². The van der Waals surface area contributed by atoms with Crippen LogP contribution in [0.4, 0.5) is 0 Å². The second-order valence-corrected chi connectivity index (χ2v) is 6.18. The Kier molecular flexibility index (Phi) is 7.32. The quantitative estimate of drug-likeness (QED) is 0.437. The Balaban J connectivity index is 1.69. The van der Waals surface area contributed by atoms with Gasteiger partial charge >= 0.3 is 0 Å². The molecule has 0 aliphatic carbocycles. The summed E-state index contributed by atoms with van der Waals surface area (Å²) >= 11 is 0. The zero-order chi connectivity index (χ0) is 18.1. The summed E-state index contributed by atoms with van der Waals surface area (Å²) in [6, 6.07) is 10.2. The van der Waals surface area contributed by atoms with Gasteiger partial charge in [0.2, 0.25) is 0 Å². The molecule has 0 bridgehead atoms. The fraction of sp³-hybridized carbons (Fsp3) is 0.474. The lowest BCUT2D eigenvalue weighted by atomic mass is 10.1. The van der Waals surface area contributed by atoms with E-state index in [0.29, 0.717) is 12.5 Å². The Morgan fingerprint density at radius 1 is 1.24 bits per heavy atom. The van der Waals surface area contributed by atoms with E-state index in [0.717, 1.165) is 42.5 Å². The van der Waals surface area contributed by atoms with Crippen molar-refractivity contribution in [2.24, 2.45) is 4.99 Å². The lowest BCUT2D eigenvalue weighted by molar-refractivity contribution is 0.372. The maximum absolute atomic E-state index is 5.32. The van der Waals surface area contributed by atoms with Gasteiger partial charge in [0, 0.05) is 19.7 Å². The smallest absolute Gasteiger partial charge is 0.191 e. The predicted molar refractivity (Wildman–Crippen MR) is 100 cm³/mol. The van der Waals surface area contributed by atoms with Crippen LogP contribution < -0.4 is 15.4 Å². The van der Waals surface area contributed by atoms with Gasteiger partial charge < -0.3 is 19.9 Å². The minimum atomic E-state index is 0.368. The Labute approximate surface area is 149 Å². The van der Waals surface area contributed by atoms with Gasteiger partial charge in [-0.15, -0.1) is 0 Å². The molecule has 0 atom stereocenters. The van der Waals surface area contributed by atoms with Crippen molar-refractivity contribution in [3.05, 3.63) is 47.3 Å². The fourth-order valence-electron chi connectivity index (χ4n) is 2.37. The lowest BCUT2D eigenvalue weighted by Crippen LogP contribution is -2.37. The van der Waals surface area contributed by atoms with Crippen molar-refractivity contribution in [3.63, 3.8) is 0 Å². The number of hydrogen-bond donors (Lipinski definition) is 2. The number of nitrogens with one attached hydrogen (secondary N) is 2. The first kappa shape index (κ1) is 18.8. The fourth-order valence-corrected chi connectivity index (χ4v) is 2.37. The highest BCUT2D eigenvalue weighted by Crippen LogP contribution is 2.14. The van der Waals surface area contributed by atoms with E-state index in [2.05, 4.69) is 46.8 Å². The van der Waals surface area contributed by atoms with Crippen LogP contribution in [0.25, 0.3) is 0 Å². The molecule has 1 aromatic carbocycles. The van der Waals surface area contributed by atoms with Crippen molar-refractivity contribution in [1.29, 1.82) is 0 Å². The topological polar surface area (TPSA) is 71.7 Å². The third-order valence-electron chi connectivity index (χ3n) is 3.92. The highest BCUT2D eigenvalue weighted by Gasteiger charge is 2.08. The first-order valence-corrected chi connectivity index (χ1v) is 8.65. The highest BCUT2D eigenvalue weighted by atomic mass is 16.5. The Morgan fingerprint density at radius 2 is 2.00 bits per heavy atom. The van der Waals surface area contributed by atoms with Crippen molar-refractivity contribution in [3.8, 4) is 5.75 Å². The van der Waals surface area contributed by atoms with E-state index < -0.39 is 0 Å². The molecule has 0 unspecified atom stereocenters. The second kappa shape index (κ2) is 9.71. The van der Waals surface area contributed by atoms with Crippen LogP contribution in [0, 0.1) is 0 Å². The minimum Gasteiger partial charge on any atom is -0.497 e. The van der Waals surface area contributed by atoms with E-state index in [1.807, 2.05) is 18.2 Å². The van der Waals surface area contributed by atoms with E-state index >= 15 is 0 Å². The number of nitrogens with zero attached hydrogens (tertiary/aromatic N) is 2. The third kappa shape index (κ3) is 6.14. The summed E-state index contributed by atoms with van der Waals surface area (Å²) in [5.74, 6) is 2.83. The molecule has 25 heavy (non-hydrogen) atoms. The van der Waals surface area contributed by atoms with E-state index in [4.69, 9.17) is 9.26 Å². The first-order chi connectivity index (χ1) is 12.1. The number of guanidine groups is 1. The van der Waals surface area contributed by atoms with Crippen LogP contribution in [0.5, 0.6) is 5.75 Å². The molecular formula is C19H28N4O2. The molecule has 0 amide bonds. The highest BCUT2D eigenvalue weighted by molar-refractivity contribution is 5.79. The van der Waals surface area contributed by atoms with Crippen molar-refractivity contribution in [2.75, 3.05) is 20.7 Å². The summed E-state index contributed by atoms with van der Waals surface area (Å²) < 4.78 is 10.5. The summed E-state index contributed by atoms with van der Waals surface area (Å²) in [6.07, 6.45) is 2.03. The zero-order valence-corrected chi connectivity index (χ0v) is 15.5. The maximum atomic E-state index is 5.32. The molecule has 0 saturated heterocycles. The van der Waals surface area contributed by atoms with Gasteiger partial charge in [0.25, 0.3) is 0 Å². The normalized spacial score (nSPS) is 11.6. The van der Waals surface area contributed by atoms with Gasteiger partial charge in [-0.2, -0.15) is 0 Å². The average molecular weight is 344 g/mol.